The van der Waals surface area contributed by atoms with E-state index in [-0.39, 0.29) is 0 Å². The molecule has 0 spiro atoms. The van der Waals surface area contributed by atoms with Gasteiger partial charge in [-0.25, -0.2) is 0 Å². The van der Waals surface area contributed by atoms with Gasteiger partial charge in [0.1, 0.15) is 0 Å². The van der Waals surface area contributed by atoms with Crippen molar-refractivity contribution in [3.63, 3.8) is 0 Å². The average Bonchev–Trinajstić information content (AvgIpc) is 2.35. The SMILES string of the molecule is C#CCNC/C=C(\C)c1ccccc1SCC. The molecule has 1 rings (SSSR count). The fraction of sp³-hybridized carbons (Fsp3) is 0.333. The number of allylic oxidation sites excluding steroid dienone is 1. The van der Waals surface area contributed by atoms with E-state index in [1.807, 2.05) is 11.8 Å². The van der Waals surface area contributed by atoms with Crippen molar-refractivity contribution in [3.05, 3.63) is 35.9 Å². The summed E-state index contributed by atoms with van der Waals surface area (Å²) in [6, 6.07) is 8.52. The molecule has 0 aliphatic heterocycles. The van der Waals surface area contributed by atoms with Crippen molar-refractivity contribution in [3.8, 4) is 12.3 Å². The molecule has 0 aromatic heterocycles. The molecule has 0 aliphatic carbocycles. The Morgan fingerprint density at radius 1 is 1.47 bits per heavy atom. The highest BCUT2D eigenvalue weighted by atomic mass is 32.2. The normalized spacial score (nSPS) is 11.2. The van der Waals surface area contributed by atoms with Gasteiger partial charge < -0.3 is 5.32 Å². The predicted molar refractivity (Wildman–Crippen MR) is 78.2 cm³/mol. The fourth-order valence-electron chi connectivity index (χ4n) is 1.55. The molecular weight excluding hydrogens is 226 g/mol. The van der Waals surface area contributed by atoms with Crippen LogP contribution >= 0.6 is 11.8 Å². The zero-order valence-electron chi connectivity index (χ0n) is 10.5. The van der Waals surface area contributed by atoms with Gasteiger partial charge in [-0.2, -0.15) is 0 Å². The van der Waals surface area contributed by atoms with Crippen molar-refractivity contribution >= 4 is 17.3 Å². The van der Waals surface area contributed by atoms with E-state index < -0.39 is 0 Å². The van der Waals surface area contributed by atoms with E-state index in [4.69, 9.17) is 6.42 Å². The summed E-state index contributed by atoms with van der Waals surface area (Å²) >= 11 is 1.88. The van der Waals surface area contributed by atoms with Crippen molar-refractivity contribution in [2.45, 2.75) is 18.7 Å². The summed E-state index contributed by atoms with van der Waals surface area (Å²) in [5.41, 5.74) is 2.62. The van der Waals surface area contributed by atoms with E-state index in [0.29, 0.717) is 6.54 Å². The van der Waals surface area contributed by atoms with Gasteiger partial charge in [-0.1, -0.05) is 37.1 Å². The van der Waals surface area contributed by atoms with Crippen LogP contribution in [-0.2, 0) is 0 Å². The number of nitrogens with one attached hydrogen (secondary N) is 1. The molecule has 0 radical (unpaired) electrons. The minimum absolute atomic E-state index is 0.620. The van der Waals surface area contributed by atoms with E-state index >= 15 is 0 Å². The molecule has 1 N–H and O–H groups in total. The Bertz CT molecular complexity index is 415. The van der Waals surface area contributed by atoms with Crippen LogP contribution in [0.1, 0.15) is 19.4 Å². The molecule has 0 amide bonds. The van der Waals surface area contributed by atoms with Gasteiger partial charge in [0.05, 0.1) is 6.54 Å². The zero-order chi connectivity index (χ0) is 12.5. The lowest BCUT2D eigenvalue weighted by molar-refractivity contribution is 0.857. The molecule has 0 atom stereocenters. The van der Waals surface area contributed by atoms with Crippen LogP contribution in [0.2, 0.25) is 0 Å². The molecule has 2 heteroatoms. The first-order valence-electron chi connectivity index (χ1n) is 5.82. The van der Waals surface area contributed by atoms with E-state index in [0.717, 1.165) is 12.3 Å². The number of terminal acetylenes is 1. The third-order valence-corrected chi connectivity index (χ3v) is 3.35. The van der Waals surface area contributed by atoms with Gasteiger partial charge in [-0.15, -0.1) is 18.2 Å². The lowest BCUT2D eigenvalue weighted by atomic mass is 10.1. The molecule has 0 heterocycles. The smallest absolute Gasteiger partial charge is 0.0576 e. The van der Waals surface area contributed by atoms with Gasteiger partial charge in [-0.3, -0.25) is 0 Å². The third kappa shape index (κ3) is 4.68. The molecule has 17 heavy (non-hydrogen) atoms. The largest absolute Gasteiger partial charge is 0.303 e. The lowest BCUT2D eigenvalue weighted by Crippen LogP contribution is -2.13. The van der Waals surface area contributed by atoms with Crippen molar-refractivity contribution < 1.29 is 0 Å². The maximum atomic E-state index is 5.18. The summed E-state index contributed by atoms with van der Waals surface area (Å²) < 4.78 is 0. The summed E-state index contributed by atoms with van der Waals surface area (Å²) in [5, 5.41) is 3.17. The molecule has 0 unspecified atom stereocenters. The van der Waals surface area contributed by atoms with Gasteiger partial charge in [-0.05, 0) is 29.9 Å². The molecule has 0 bridgehead atoms. The maximum Gasteiger partial charge on any atom is 0.0576 e. The number of rotatable bonds is 6. The van der Waals surface area contributed by atoms with Crippen LogP contribution < -0.4 is 5.32 Å². The molecular formula is C15H19NS. The van der Waals surface area contributed by atoms with Crippen LogP contribution in [0.3, 0.4) is 0 Å². The van der Waals surface area contributed by atoms with Gasteiger partial charge >= 0.3 is 0 Å². The van der Waals surface area contributed by atoms with Crippen LogP contribution in [0.25, 0.3) is 5.57 Å². The van der Waals surface area contributed by atoms with Crippen molar-refractivity contribution in [2.24, 2.45) is 0 Å². The lowest BCUT2D eigenvalue weighted by Gasteiger charge is -2.08. The second kappa shape index (κ2) is 8.00. The van der Waals surface area contributed by atoms with E-state index in [1.54, 1.807) is 0 Å². The third-order valence-electron chi connectivity index (χ3n) is 2.39. The predicted octanol–water partition coefficient (Wildman–Crippen LogP) is 3.42. The van der Waals surface area contributed by atoms with Crippen LogP contribution in [0.5, 0.6) is 0 Å². The van der Waals surface area contributed by atoms with Crippen molar-refractivity contribution in [1.82, 2.24) is 5.32 Å². The minimum atomic E-state index is 0.620. The Balaban J connectivity index is 2.73. The number of hydrogen-bond donors (Lipinski definition) is 1. The van der Waals surface area contributed by atoms with Crippen molar-refractivity contribution in [1.29, 1.82) is 0 Å². The summed E-state index contributed by atoms with van der Waals surface area (Å²) in [5.74, 6) is 3.67. The van der Waals surface area contributed by atoms with Crippen LogP contribution in [0.15, 0.2) is 35.2 Å². The quantitative estimate of drug-likeness (QED) is 0.468. The standard InChI is InChI=1S/C15H19NS/c1-4-11-16-12-10-13(3)14-8-6-7-9-15(14)17-5-2/h1,6-10,16H,5,11-12H2,2-3H3/b13-10+. The molecule has 1 nitrogen and oxygen atoms in total. The highest BCUT2D eigenvalue weighted by molar-refractivity contribution is 7.99. The highest BCUT2D eigenvalue weighted by Gasteiger charge is 2.02. The topological polar surface area (TPSA) is 12.0 Å². The summed E-state index contributed by atoms with van der Waals surface area (Å²) in [7, 11) is 0. The summed E-state index contributed by atoms with van der Waals surface area (Å²) in [6.07, 6.45) is 7.37. The molecule has 0 aliphatic rings. The van der Waals surface area contributed by atoms with Gasteiger partial charge in [0.25, 0.3) is 0 Å². The second-order valence-electron chi connectivity index (χ2n) is 3.65. The van der Waals surface area contributed by atoms with E-state index in [9.17, 15) is 0 Å². The number of hydrogen-bond acceptors (Lipinski definition) is 2. The Kier molecular flexibility index (Phi) is 6.54. The molecule has 0 fully saturated rings. The Morgan fingerprint density at radius 3 is 2.94 bits per heavy atom. The molecule has 1 aromatic rings. The minimum Gasteiger partial charge on any atom is -0.303 e. The molecule has 0 saturated carbocycles. The second-order valence-corrected chi connectivity index (χ2v) is 4.96. The van der Waals surface area contributed by atoms with Gasteiger partial charge in [0, 0.05) is 11.4 Å². The fourth-order valence-corrected chi connectivity index (χ4v) is 2.42. The molecule has 0 saturated heterocycles. The Hall–Kier alpha value is -1.17. The summed E-state index contributed by atoms with van der Waals surface area (Å²) in [6.45, 7) is 5.76. The Morgan fingerprint density at radius 2 is 2.24 bits per heavy atom. The Labute approximate surface area is 109 Å². The highest BCUT2D eigenvalue weighted by Crippen LogP contribution is 2.27. The van der Waals surface area contributed by atoms with Crippen molar-refractivity contribution in [2.75, 3.05) is 18.8 Å². The van der Waals surface area contributed by atoms with Gasteiger partial charge in [0.2, 0.25) is 0 Å². The first-order valence-corrected chi connectivity index (χ1v) is 6.81. The monoisotopic (exact) mass is 245 g/mol. The van der Waals surface area contributed by atoms with E-state index in [1.165, 1.54) is 16.0 Å². The number of benzene rings is 1. The van der Waals surface area contributed by atoms with Gasteiger partial charge in [0.15, 0.2) is 0 Å². The average molecular weight is 245 g/mol. The van der Waals surface area contributed by atoms with Crippen LogP contribution in [-0.4, -0.2) is 18.8 Å². The first-order chi connectivity index (χ1) is 8.29. The zero-order valence-corrected chi connectivity index (χ0v) is 11.3. The van der Waals surface area contributed by atoms with Crippen LogP contribution in [0, 0.1) is 12.3 Å². The first kappa shape index (κ1) is 13.9. The molecule has 1 aromatic carbocycles. The summed E-state index contributed by atoms with van der Waals surface area (Å²) in [4.78, 5) is 1.35. The van der Waals surface area contributed by atoms with Crippen LogP contribution in [0.4, 0.5) is 0 Å². The number of thioether (sulfide) groups is 1. The molecule has 90 valence electrons. The van der Waals surface area contributed by atoms with E-state index in [2.05, 4.69) is 55.4 Å². The maximum absolute atomic E-state index is 5.18.